The van der Waals surface area contributed by atoms with Gasteiger partial charge in [-0.3, -0.25) is 14.3 Å². The third-order valence-electron chi connectivity index (χ3n) is 2.90. The standard InChI is InChI=1S/C9H12N5O4PS2/c10-8-12-6-5(7(15)13-8)11-3-14(6)1-4-2-20-9(21-4)19(16,17)18/h3-4,9H,1-2H2,(H2,16,17,18)(H3,10,12,13,15). The fraction of sp³-hybridized carbons (Fsp3) is 0.444. The number of imidazole rings is 1. The van der Waals surface area contributed by atoms with E-state index in [0.29, 0.717) is 17.9 Å². The zero-order valence-electron chi connectivity index (χ0n) is 10.5. The summed E-state index contributed by atoms with van der Waals surface area (Å²) in [6, 6.07) is 0. The van der Waals surface area contributed by atoms with E-state index in [-0.39, 0.29) is 16.7 Å². The maximum atomic E-state index is 11.7. The van der Waals surface area contributed by atoms with E-state index in [0.717, 1.165) is 0 Å². The van der Waals surface area contributed by atoms with Crippen LogP contribution in [-0.2, 0) is 11.1 Å². The summed E-state index contributed by atoms with van der Waals surface area (Å²) >= 11 is 2.48. The lowest BCUT2D eigenvalue weighted by molar-refractivity contribution is 0.377. The number of H-pyrrole nitrogens is 1. The Kier molecular flexibility index (Phi) is 3.78. The van der Waals surface area contributed by atoms with Crippen LogP contribution < -0.4 is 11.3 Å². The molecule has 2 aromatic heterocycles. The molecule has 0 aliphatic carbocycles. The Morgan fingerprint density at radius 2 is 2.33 bits per heavy atom. The van der Waals surface area contributed by atoms with E-state index >= 15 is 0 Å². The number of thioether (sulfide) groups is 2. The van der Waals surface area contributed by atoms with E-state index in [2.05, 4.69) is 15.0 Å². The molecule has 2 atom stereocenters. The molecule has 0 bridgehead atoms. The maximum absolute atomic E-state index is 11.7. The monoisotopic (exact) mass is 349 g/mol. The first kappa shape index (κ1) is 14.9. The Balaban J connectivity index is 1.84. The topological polar surface area (TPSA) is 147 Å². The number of fused-ring (bicyclic) bond motifs is 1. The highest BCUT2D eigenvalue weighted by Gasteiger charge is 2.38. The number of nitrogen functional groups attached to an aromatic ring is 1. The Hall–Kier alpha value is -1.00. The second-order valence-corrected chi connectivity index (χ2v) is 9.75. The van der Waals surface area contributed by atoms with Crippen molar-refractivity contribution in [1.82, 2.24) is 19.5 Å². The Labute approximate surface area is 126 Å². The largest absolute Gasteiger partial charge is 0.369 e. The Morgan fingerprint density at radius 3 is 3.00 bits per heavy atom. The molecular weight excluding hydrogens is 337 g/mol. The average Bonchev–Trinajstić information content (AvgIpc) is 2.97. The van der Waals surface area contributed by atoms with Crippen molar-refractivity contribution >= 4 is 48.2 Å². The number of rotatable bonds is 3. The van der Waals surface area contributed by atoms with Crippen molar-refractivity contribution in [3.05, 3.63) is 16.7 Å². The van der Waals surface area contributed by atoms with Gasteiger partial charge in [0.05, 0.1) is 6.33 Å². The van der Waals surface area contributed by atoms with E-state index in [1.165, 1.54) is 29.9 Å². The summed E-state index contributed by atoms with van der Waals surface area (Å²) in [4.78, 5) is 40.5. The normalized spacial score (nSPS) is 23.0. The number of aromatic amines is 1. The number of nitrogens with zero attached hydrogens (tertiary/aromatic N) is 3. The summed E-state index contributed by atoms with van der Waals surface area (Å²) in [5, 5.41) is 0.00679. The average molecular weight is 349 g/mol. The summed E-state index contributed by atoms with van der Waals surface area (Å²) in [6.45, 7) is 0.459. The van der Waals surface area contributed by atoms with Crippen molar-refractivity contribution in [2.24, 2.45) is 0 Å². The number of aromatic nitrogens is 4. The van der Waals surface area contributed by atoms with Crippen molar-refractivity contribution in [3.63, 3.8) is 0 Å². The Morgan fingerprint density at radius 1 is 1.57 bits per heavy atom. The lowest BCUT2D eigenvalue weighted by Crippen LogP contribution is -2.15. The van der Waals surface area contributed by atoms with Gasteiger partial charge in [-0.25, -0.2) is 4.98 Å². The van der Waals surface area contributed by atoms with Crippen LogP contribution in [0, 0.1) is 0 Å². The van der Waals surface area contributed by atoms with E-state index in [4.69, 9.17) is 5.73 Å². The molecule has 12 heteroatoms. The molecule has 9 nitrogen and oxygen atoms in total. The minimum absolute atomic E-state index is 0.00679. The highest BCUT2D eigenvalue weighted by molar-refractivity contribution is 8.26. The van der Waals surface area contributed by atoms with Crippen molar-refractivity contribution in [2.45, 2.75) is 16.1 Å². The fourth-order valence-corrected chi connectivity index (χ4v) is 6.85. The van der Waals surface area contributed by atoms with Gasteiger partial charge in [0, 0.05) is 17.5 Å². The summed E-state index contributed by atoms with van der Waals surface area (Å²) < 4.78 is 12.2. The molecule has 3 rings (SSSR count). The van der Waals surface area contributed by atoms with Crippen LogP contribution in [0.2, 0.25) is 0 Å². The first-order chi connectivity index (χ1) is 9.84. The van der Waals surface area contributed by atoms with Gasteiger partial charge in [0.1, 0.15) is 0 Å². The van der Waals surface area contributed by atoms with E-state index in [1.54, 1.807) is 4.57 Å². The molecule has 0 spiro atoms. The third kappa shape index (κ3) is 2.97. The predicted molar refractivity (Wildman–Crippen MR) is 82.2 cm³/mol. The van der Waals surface area contributed by atoms with Crippen LogP contribution in [0.5, 0.6) is 0 Å². The first-order valence-corrected chi connectivity index (χ1v) is 9.55. The number of hydrogen-bond acceptors (Lipinski definition) is 7. The molecule has 21 heavy (non-hydrogen) atoms. The lowest BCUT2D eigenvalue weighted by Gasteiger charge is -2.12. The van der Waals surface area contributed by atoms with E-state index in [9.17, 15) is 19.1 Å². The zero-order chi connectivity index (χ0) is 15.2. The van der Waals surface area contributed by atoms with Gasteiger partial charge in [-0.15, -0.1) is 23.5 Å². The van der Waals surface area contributed by atoms with Gasteiger partial charge in [0.25, 0.3) is 5.56 Å². The molecule has 2 aromatic rings. The maximum Gasteiger partial charge on any atom is 0.348 e. The lowest BCUT2D eigenvalue weighted by atomic mass is 10.4. The smallest absolute Gasteiger partial charge is 0.348 e. The van der Waals surface area contributed by atoms with E-state index < -0.39 is 17.5 Å². The summed E-state index contributed by atoms with van der Waals surface area (Å²) in [5.41, 5.74) is 5.69. The van der Waals surface area contributed by atoms with Gasteiger partial charge >= 0.3 is 7.60 Å². The molecule has 1 saturated heterocycles. The zero-order valence-corrected chi connectivity index (χ0v) is 13.1. The molecular formula is C9H12N5O4PS2. The van der Waals surface area contributed by atoms with Gasteiger partial charge in [-0.2, -0.15) is 4.98 Å². The quantitative estimate of drug-likeness (QED) is 0.562. The third-order valence-corrected chi connectivity index (χ3v) is 8.68. The van der Waals surface area contributed by atoms with Crippen molar-refractivity contribution in [1.29, 1.82) is 0 Å². The number of hydrogen-bond donors (Lipinski definition) is 4. The molecule has 0 radical (unpaired) electrons. The number of anilines is 1. The van der Waals surface area contributed by atoms with Crippen LogP contribution in [0.3, 0.4) is 0 Å². The van der Waals surface area contributed by atoms with E-state index in [1.807, 2.05) is 0 Å². The molecule has 1 aliphatic heterocycles. The number of nitrogens with one attached hydrogen (secondary N) is 1. The minimum atomic E-state index is -4.09. The molecule has 3 heterocycles. The summed E-state index contributed by atoms with van der Waals surface area (Å²) in [6.07, 6.45) is 1.49. The van der Waals surface area contributed by atoms with Crippen LogP contribution >= 0.6 is 31.1 Å². The predicted octanol–water partition coefficient (Wildman–Crippen LogP) is 0.0117. The minimum Gasteiger partial charge on any atom is -0.369 e. The SMILES string of the molecule is Nc1nc2c(ncn2CC2CSC(P(=O)(O)O)S2)c(=O)[nH]1. The summed E-state index contributed by atoms with van der Waals surface area (Å²) in [5.74, 6) is 0.620. The fourth-order valence-electron chi connectivity index (χ4n) is 2.03. The summed E-state index contributed by atoms with van der Waals surface area (Å²) in [7, 11) is -4.09. The van der Waals surface area contributed by atoms with Crippen molar-refractivity contribution in [3.8, 4) is 0 Å². The van der Waals surface area contributed by atoms with Gasteiger partial charge in [0.15, 0.2) is 15.5 Å². The number of nitrogens with two attached hydrogens (primary N) is 1. The molecule has 2 unspecified atom stereocenters. The van der Waals surface area contributed by atoms with Crippen LogP contribution in [0.1, 0.15) is 0 Å². The van der Waals surface area contributed by atoms with Crippen LogP contribution in [0.25, 0.3) is 11.2 Å². The molecule has 1 aliphatic rings. The second kappa shape index (κ2) is 5.33. The van der Waals surface area contributed by atoms with Crippen LogP contribution in [-0.4, -0.2) is 44.6 Å². The van der Waals surface area contributed by atoms with Gasteiger partial charge in [-0.1, -0.05) is 0 Å². The van der Waals surface area contributed by atoms with Crippen molar-refractivity contribution in [2.75, 3.05) is 11.5 Å². The first-order valence-electron chi connectivity index (χ1n) is 5.87. The van der Waals surface area contributed by atoms with Crippen LogP contribution in [0.15, 0.2) is 11.1 Å². The second-order valence-electron chi connectivity index (χ2n) is 4.51. The van der Waals surface area contributed by atoms with Crippen LogP contribution in [0.4, 0.5) is 5.95 Å². The van der Waals surface area contributed by atoms with Gasteiger partial charge in [0.2, 0.25) is 5.95 Å². The van der Waals surface area contributed by atoms with Crippen molar-refractivity contribution < 1.29 is 14.4 Å². The van der Waals surface area contributed by atoms with Gasteiger partial charge < -0.3 is 20.1 Å². The molecule has 1 fully saturated rings. The molecule has 5 N–H and O–H groups in total. The van der Waals surface area contributed by atoms with Gasteiger partial charge in [-0.05, 0) is 0 Å². The highest BCUT2D eigenvalue weighted by Crippen LogP contribution is 2.58. The molecule has 0 aromatic carbocycles. The molecule has 0 amide bonds. The molecule has 0 saturated carbocycles. The highest BCUT2D eigenvalue weighted by atomic mass is 32.2. The molecule has 114 valence electrons. The Bertz CT molecular complexity index is 786.